The van der Waals surface area contributed by atoms with Crippen LogP contribution in [0.4, 0.5) is 0 Å². The predicted molar refractivity (Wildman–Crippen MR) is 106 cm³/mol. The summed E-state index contributed by atoms with van der Waals surface area (Å²) in [7, 11) is 0. The Bertz CT molecular complexity index is 582. The van der Waals surface area contributed by atoms with Crippen molar-refractivity contribution in [1.29, 1.82) is 0 Å². The summed E-state index contributed by atoms with van der Waals surface area (Å²) in [6, 6.07) is 0. The smallest absolute Gasteiger partial charge is 0.247 e. The SMILES string of the molecule is C=C(C)C(=O)NCCNC(=O)C(=C)C.C=C(C)C(=O)NCNC(=O)C(=C)C. The first-order valence-electron chi connectivity index (χ1n) is 8.14. The van der Waals surface area contributed by atoms with E-state index in [0.717, 1.165) is 0 Å². The number of carbonyl (C=O) groups excluding carboxylic acids is 4. The number of hydrogen-bond acceptors (Lipinski definition) is 4. The van der Waals surface area contributed by atoms with Gasteiger partial charge in [-0.3, -0.25) is 19.2 Å². The molecule has 0 aromatic heterocycles. The van der Waals surface area contributed by atoms with Gasteiger partial charge in [0, 0.05) is 35.4 Å². The van der Waals surface area contributed by atoms with Gasteiger partial charge in [0.05, 0.1) is 6.67 Å². The fourth-order valence-corrected chi connectivity index (χ4v) is 1.16. The van der Waals surface area contributed by atoms with Crippen molar-refractivity contribution in [2.45, 2.75) is 27.7 Å². The quantitative estimate of drug-likeness (QED) is 0.268. The molecule has 4 amide bonds. The van der Waals surface area contributed by atoms with Crippen molar-refractivity contribution < 1.29 is 19.2 Å². The standard InChI is InChI=1S/C10H16N2O2.C9H14N2O2/c1-7(2)9(13)11-5-6-12-10(14)8(3)4;1-6(2)8(12)10-5-11-9(13)7(3)4/h1,3,5-6H2,2,4H3,(H,11,13)(H,12,14);1,3,5H2,2,4H3,(H,10,12)(H,11,13). The molecule has 0 aliphatic carbocycles. The summed E-state index contributed by atoms with van der Waals surface area (Å²) in [4.78, 5) is 43.8. The van der Waals surface area contributed by atoms with E-state index in [1.807, 2.05) is 0 Å². The molecule has 0 saturated heterocycles. The van der Waals surface area contributed by atoms with E-state index < -0.39 is 0 Å². The number of amides is 4. The van der Waals surface area contributed by atoms with Crippen LogP contribution in [-0.4, -0.2) is 43.4 Å². The molecule has 0 radical (unpaired) electrons. The number of nitrogens with one attached hydrogen (secondary N) is 4. The van der Waals surface area contributed by atoms with Gasteiger partial charge in [0.1, 0.15) is 0 Å². The second kappa shape index (κ2) is 14.1. The normalized spacial score (nSPS) is 8.89. The molecule has 0 fully saturated rings. The fourth-order valence-electron chi connectivity index (χ4n) is 1.16. The van der Waals surface area contributed by atoms with Gasteiger partial charge >= 0.3 is 0 Å². The highest BCUT2D eigenvalue weighted by Gasteiger charge is 2.03. The van der Waals surface area contributed by atoms with Gasteiger partial charge in [-0.2, -0.15) is 0 Å². The van der Waals surface area contributed by atoms with Crippen molar-refractivity contribution in [3.8, 4) is 0 Å². The van der Waals surface area contributed by atoms with Crippen molar-refractivity contribution in [2.24, 2.45) is 0 Å². The number of rotatable bonds is 9. The van der Waals surface area contributed by atoms with Crippen molar-refractivity contribution >= 4 is 23.6 Å². The molecule has 8 nitrogen and oxygen atoms in total. The van der Waals surface area contributed by atoms with Crippen LogP contribution in [0.3, 0.4) is 0 Å². The van der Waals surface area contributed by atoms with Crippen LogP contribution in [0.2, 0.25) is 0 Å². The Hall–Kier alpha value is -3.16. The van der Waals surface area contributed by atoms with Crippen molar-refractivity contribution in [3.05, 3.63) is 48.6 Å². The molecule has 0 unspecified atom stereocenters. The number of carbonyl (C=O) groups is 4. The summed E-state index contributed by atoms with van der Waals surface area (Å²) in [6.45, 7) is 21.2. The van der Waals surface area contributed by atoms with E-state index >= 15 is 0 Å². The molecular formula is C19H30N4O4. The van der Waals surface area contributed by atoms with Crippen molar-refractivity contribution in [1.82, 2.24) is 21.3 Å². The largest absolute Gasteiger partial charge is 0.351 e. The highest BCUT2D eigenvalue weighted by atomic mass is 16.2. The topological polar surface area (TPSA) is 116 Å². The monoisotopic (exact) mass is 378 g/mol. The molecule has 0 atom stereocenters. The molecule has 0 aromatic carbocycles. The number of hydrogen-bond donors (Lipinski definition) is 4. The molecule has 0 rings (SSSR count). The second-order valence-corrected chi connectivity index (χ2v) is 5.82. The van der Waals surface area contributed by atoms with E-state index in [-0.39, 0.29) is 30.3 Å². The molecule has 0 aliphatic heterocycles. The molecule has 8 heteroatoms. The molecule has 27 heavy (non-hydrogen) atoms. The lowest BCUT2D eigenvalue weighted by Crippen LogP contribution is -2.37. The van der Waals surface area contributed by atoms with Gasteiger partial charge in [0.25, 0.3) is 0 Å². The Labute approximate surface area is 160 Å². The molecule has 4 N–H and O–H groups in total. The zero-order chi connectivity index (χ0) is 21.6. The van der Waals surface area contributed by atoms with Gasteiger partial charge in [-0.15, -0.1) is 0 Å². The summed E-state index contributed by atoms with van der Waals surface area (Å²) >= 11 is 0. The summed E-state index contributed by atoms with van der Waals surface area (Å²) < 4.78 is 0. The van der Waals surface area contributed by atoms with Crippen LogP contribution in [0.15, 0.2) is 48.6 Å². The fraction of sp³-hybridized carbons (Fsp3) is 0.368. The summed E-state index contributed by atoms with van der Waals surface area (Å²) in [6.07, 6.45) is 0. The zero-order valence-electron chi connectivity index (χ0n) is 16.6. The minimum absolute atomic E-state index is 0.0946. The van der Waals surface area contributed by atoms with Crippen LogP contribution >= 0.6 is 0 Å². The molecule has 150 valence electrons. The van der Waals surface area contributed by atoms with Crippen LogP contribution in [0.1, 0.15) is 27.7 Å². The van der Waals surface area contributed by atoms with E-state index in [2.05, 4.69) is 47.6 Å². The maximum Gasteiger partial charge on any atom is 0.247 e. The van der Waals surface area contributed by atoms with Crippen LogP contribution in [0.5, 0.6) is 0 Å². The van der Waals surface area contributed by atoms with Gasteiger partial charge < -0.3 is 21.3 Å². The predicted octanol–water partition coefficient (Wildman–Crippen LogP) is 0.700. The molecule has 0 aromatic rings. The van der Waals surface area contributed by atoms with Crippen molar-refractivity contribution in [2.75, 3.05) is 19.8 Å². The lowest BCUT2D eigenvalue weighted by Gasteiger charge is -2.06. The zero-order valence-corrected chi connectivity index (χ0v) is 16.6. The van der Waals surface area contributed by atoms with Crippen LogP contribution in [0, 0.1) is 0 Å². The Balaban J connectivity index is 0. The Morgan fingerprint density at radius 3 is 0.963 bits per heavy atom. The third-order valence-corrected chi connectivity index (χ3v) is 2.74. The lowest BCUT2D eigenvalue weighted by molar-refractivity contribution is -0.119. The summed E-state index contributed by atoms with van der Waals surface area (Å²) in [5.41, 5.74) is 1.72. The van der Waals surface area contributed by atoms with E-state index in [1.165, 1.54) is 0 Å². The maximum absolute atomic E-state index is 11.0. The third kappa shape index (κ3) is 14.9. The average molecular weight is 378 g/mol. The van der Waals surface area contributed by atoms with E-state index in [1.54, 1.807) is 27.7 Å². The highest BCUT2D eigenvalue weighted by Crippen LogP contribution is 1.86. The Kier molecular flexibility index (Phi) is 13.6. The second-order valence-electron chi connectivity index (χ2n) is 5.82. The Morgan fingerprint density at radius 2 is 0.741 bits per heavy atom. The molecular weight excluding hydrogens is 348 g/mol. The molecule has 0 saturated carbocycles. The van der Waals surface area contributed by atoms with E-state index in [9.17, 15) is 19.2 Å². The van der Waals surface area contributed by atoms with Gasteiger partial charge in [-0.1, -0.05) is 26.3 Å². The van der Waals surface area contributed by atoms with Gasteiger partial charge in [-0.25, -0.2) is 0 Å². The maximum atomic E-state index is 11.0. The van der Waals surface area contributed by atoms with Gasteiger partial charge in [0.15, 0.2) is 0 Å². The first-order valence-corrected chi connectivity index (χ1v) is 8.14. The average Bonchev–Trinajstić information content (AvgIpc) is 2.57. The molecule has 0 bridgehead atoms. The van der Waals surface area contributed by atoms with Gasteiger partial charge in [0.2, 0.25) is 23.6 Å². The first kappa shape index (κ1) is 26.1. The van der Waals surface area contributed by atoms with Crippen LogP contribution < -0.4 is 21.3 Å². The first-order chi connectivity index (χ1) is 12.4. The summed E-state index contributed by atoms with van der Waals surface area (Å²) in [5.74, 6) is -0.951. The van der Waals surface area contributed by atoms with E-state index in [0.29, 0.717) is 35.4 Å². The van der Waals surface area contributed by atoms with Crippen molar-refractivity contribution in [3.63, 3.8) is 0 Å². The highest BCUT2D eigenvalue weighted by molar-refractivity contribution is 5.94. The van der Waals surface area contributed by atoms with Gasteiger partial charge in [-0.05, 0) is 27.7 Å². The lowest BCUT2D eigenvalue weighted by atomic mass is 10.3. The molecule has 0 aliphatic rings. The third-order valence-electron chi connectivity index (χ3n) is 2.74. The van der Waals surface area contributed by atoms with Crippen LogP contribution in [-0.2, 0) is 19.2 Å². The van der Waals surface area contributed by atoms with E-state index in [4.69, 9.17) is 0 Å². The minimum Gasteiger partial charge on any atom is -0.351 e. The Morgan fingerprint density at radius 1 is 0.519 bits per heavy atom. The summed E-state index contributed by atoms with van der Waals surface area (Å²) in [5, 5.41) is 10.1. The molecule has 0 heterocycles. The van der Waals surface area contributed by atoms with Crippen LogP contribution in [0.25, 0.3) is 0 Å². The minimum atomic E-state index is -0.276. The molecule has 0 spiro atoms.